The largest absolute Gasteiger partial charge is 0.496 e. The van der Waals surface area contributed by atoms with Crippen molar-refractivity contribution < 1.29 is 14.6 Å². The molecule has 0 aliphatic carbocycles. The van der Waals surface area contributed by atoms with Gasteiger partial charge in [0.05, 0.1) is 13.0 Å². The zero-order chi connectivity index (χ0) is 23.1. The molecule has 1 N–H and O–H groups in total. The van der Waals surface area contributed by atoms with E-state index in [2.05, 4.69) is 67.8 Å². The summed E-state index contributed by atoms with van der Waals surface area (Å²) in [5.41, 5.74) is 6.22. The van der Waals surface area contributed by atoms with E-state index in [1.54, 1.807) is 7.11 Å². The van der Waals surface area contributed by atoms with E-state index in [0.717, 1.165) is 44.4 Å². The number of methoxy groups -OCH3 is 1. The normalized spacial score (nSPS) is 14.4. The SMILES string of the molecule is C=C(CCCCc1cc(-c2ccc(CN3CC(C(=O)O)C3)cc2)ccc1OC)CC(C)C. The van der Waals surface area contributed by atoms with Gasteiger partial charge in [-0.25, -0.2) is 0 Å². The summed E-state index contributed by atoms with van der Waals surface area (Å²) in [6.07, 6.45) is 5.51. The van der Waals surface area contributed by atoms with Gasteiger partial charge in [-0.15, -0.1) is 0 Å². The molecule has 0 radical (unpaired) electrons. The van der Waals surface area contributed by atoms with Crippen LogP contribution >= 0.6 is 0 Å². The summed E-state index contributed by atoms with van der Waals surface area (Å²) in [7, 11) is 1.74. The first-order valence-corrected chi connectivity index (χ1v) is 11.7. The fourth-order valence-electron chi connectivity index (χ4n) is 4.44. The number of carbonyl (C=O) groups is 1. The van der Waals surface area contributed by atoms with Crippen LogP contribution in [0.1, 0.15) is 50.7 Å². The van der Waals surface area contributed by atoms with Crippen molar-refractivity contribution in [1.29, 1.82) is 0 Å². The third-order valence-electron chi connectivity index (χ3n) is 6.20. The number of ether oxygens (including phenoxy) is 1. The smallest absolute Gasteiger partial charge is 0.309 e. The highest BCUT2D eigenvalue weighted by molar-refractivity contribution is 5.71. The molecule has 0 spiro atoms. The van der Waals surface area contributed by atoms with Crippen molar-refractivity contribution in [2.24, 2.45) is 11.8 Å². The molecule has 0 amide bonds. The van der Waals surface area contributed by atoms with Crippen LogP contribution in [0.3, 0.4) is 0 Å². The van der Waals surface area contributed by atoms with E-state index >= 15 is 0 Å². The monoisotopic (exact) mass is 435 g/mol. The molecule has 0 bridgehead atoms. The van der Waals surface area contributed by atoms with Crippen LogP contribution in [0, 0.1) is 11.8 Å². The van der Waals surface area contributed by atoms with Gasteiger partial charge in [0.15, 0.2) is 0 Å². The number of hydrogen-bond donors (Lipinski definition) is 1. The summed E-state index contributed by atoms with van der Waals surface area (Å²) < 4.78 is 5.61. The summed E-state index contributed by atoms with van der Waals surface area (Å²) >= 11 is 0. The highest BCUT2D eigenvalue weighted by Crippen LogP contribution is 2.29. The molecule has 4 heteroatoms. The average Bonchev–Trinajstić information content (AvgIpc) is 2.73. The van der Waals surface area contributed by atoms with E-state index in [0.29, 0.717) is 19.0 Å². The van der Waals surface area contributed by atoms with Crippen molar-refractivity contribution in [1.82, 2.24) is 4.90 Å². The van der Waals surface area contributed by atoms with Gasteiger partial charge < -0.3 is 9.84 Å². The molecule has 1 aliphatic heterocycles. The molecule has 1 heterocycles. The Labute approximate surface area is 192 Å². The minimum absolute atomic E-state index is 0.208. The number of likely N-dealkylation sites (tertiary alicyclic amines) is 1. The molecule has 2 aromatic carbocycles. The van der Waals surface area contributed by atoms with Gasteiger partial charge in [0, 0.05) is 19.6 Å². The summed E-state index contributed by atoms with van der Waals surface area (Å²) in [4.78, 5) is 13.1. The summed E-state index contributed by atoms with van der Waals surface area (Å²) in [6, 6.07) is 15.1. The number of benzene rings is 2. The van der Waals surface area contributed by atoms with Gasteiger partial charge in [0.1, 0.15) is 5.75 Å². The average molecular weight is 436 g/mol. The van der Waals surface area contributed by atoms with E-state index in [1.807, 2.05) is 0 Å². The lowest BCUT2D eigenvalue weighted by molar-refractivity contribution is -0.147. The van der Waals surface area contributed by atoms with Gasteiger partial charge in [-0.1, -0.05) is 56.3 Å². The number of aryl methyl sites for hydroxylation is 1. The zero-order valence-corrected chi connectivity index (χ0v) is 19.8. The molecule has 0 saturated carbocycles. The molecule has 0 aromatic heterocycles. The van der Waals surface area contributed by atoms with E-state index in [4.69, 9.17) is 9.84 Å². The van der Waals surface area contributed by atoms with Crippen molar-refractivity contribution in [2.45, 2.75) is 52.5 Å². The van der Waals surface area contributed by atoms with Crippen molar-refractivity contribution in [3.8, 4) is 16.9 Å². The van der Waals surface area contributed by atoms with Gasteiger partial charge in [-0.2, -0.15) is 0 Å². The number of rotatable bonds is 12. The van der Waals surface area contributed by atoms with Crippen LogP contribution in [-0.4, -0.2) is 36.2 Å². The standard InChI is InChI=1S/C28H37NO3/c1-20(2)15-21(3)7-5-6-8-25-16-24(13-14-27(25)32-4)23-11-9-22(10-12-23)17-29-18-26(19-29)28(30)31/h9-14,16,20,26H,3,5-8,15,17-19H2,1-2,4H3,(H,30,31). The van der Waals surface area contributed by atoms with Gasteiger partial charge in [-0.05, 0) is 72.4 Å². The number of nitrogens with zero attached hydrogens (tertiary/aromatic N) is 1. The lowest BCUT2D eigenvalue weighted by Crippen LogP contribution is -2.49. The number of allylic oxidation sites excluding steroid dienone is 1. The third-order valence-corrected chi connectivity index (χ3v) is 6.20. The van der Waals surface area contributed by atoms with Crippen LogP contribution in [0.2, 0.25) is 0 Å². The Kier molecular flexibility index (Phi) is 8.52. The van der Waals surface area contributed by atoms with Gasteiger partial charge >= 0.3 is 5.97 Å². The Morgan fingerprint density at radius 3 is 2.44 bits per heavy atom. The maximum Gasteiger partial charge on any atom is 0.309 e. The van der Waals surface area contributed by atoms with Crippen LogP contribution in [-0.2, 0) is 17.8 Å². The maximum atomic E-state index is 11.0. The lowest BCUT2D eigenvalue weighted by atomic mass is 9.96. The minimum Gasteiger partial charge on any atom is -0.496 e. The fourth-order valence-corrected chi connectivity index (χ4v) is 4.44. The van der Waals surface area contributed by atoms with E-state index in [-0.39, 0.29) is 5.92 Å². The first-order chi connectivity index (χ1) is 15.4. The van der Waals surface area contributed by atoms with Crippen LogP contribution in [0.5, 0.6) is 5.75 Å². The summed E-state index contributed by atoms with van der Waals surface area (Å²) in [5.74, 6) is 0.739. The Morgan fingerprint density at radius 1 is 1.12 bits per heavy atom. The predicted octanol–water partition coefficient (Wildman–Crippen LogP) is 6.19. The number of unbranched alkanes of at least 4 members (excludes halogenated alkanes) is 1. The van der Waals surface area contributed by atoms with Crippen molar-refractivity contribution in [3.05, 3.63) is 65.7 Å². The van der Waals surface area contributed by atoms with Crippen LogP contribution in [0.25, 0.3) is 11.1 Å². The Balaban J connectivity index is 1.57. The second kappa shape index (κ2) is 11.3. The molecular weight excluding hydrogens is 398 g/mol. The van der Waals surface area contributed by atoms with Crippen molar-refractivity contribution in [2.75, 3.05) is 20.2 Å². The highest BCUT2D eigenvalue weighted by Gasteiger charge is 2.32. The number of hydrogen-bond acceptors (Lipinski definition) is 3. The Hall–Kier alpha value is -2.59. The number of carboxylic acid groups (broad SMARTS) is 1. The molecule has 172 valence electrons. The number of carboxylic acids is 1. The highest BCUT2D eigenvalue weighted by atomic mass is 16.5. The summed E-state index contributed by atoms with van der Waals surface area (Å²) in [6.45, 7) is 10.8. The number of aliphatic carboxylic acids is 1. The molecule has 4 nitrogen and oxygen atoms in total. The fraction of sp³-hybridized carbons (Fsp3) is 0.464. The van der Waals surface area contributed by atoms with Crippen LogP contribution in [0.15, 0.2) is 54.6 Å². The molecule has 3 rings (SSSR count). The minimum atomic E-state index is -0.688. The van der Waals surface area contributed by atoms with Gasteiger partial charge in [-0.3, -0.25) is 9.69 Å². The van der Waals surface area contributed by atoms with E-state index in [9.17, 15) is 4.79 Å². The molecule has 32 heavy (non-hydrogen) atoms. The second-order valence-corrected chi connectivity index (χ2v) is 9.51. The Bertz CT molecular complexity index is 911. The van der Waals surface area contributed by atoms with Crippen molar-refractivity contribution in [3.63, 3.8) is 0 Å². The van der Waals surface area contributed by atoms with Gasteiger partial charge in [0.25, 0.3) is 0 Å². The first-order valence-electron chi connectivity index (χ1n) is 11.7. The molecule has 0 unspecified atom stereocenters. The molecule has 0 atom stereocenters. The Morgan fingerprint density at radius 2 is 1.81 bits per heavy atom. The maximum absolute atomic E-state index is 11.0. The van der Waals surface area contributed by atoms with Gasteiger partial charge in [0.2, 0.25) is 0 Å². The van der Waals surface area contributed by atoms with Crippen LogP contribution in [0.4, 0.5) is 0 Å². The van der Waals surface area contributed by atoms with Crippen molar-refractivity contribution >= 4 is 5.97 Å². The second-order valence-electron chi connectivity index (χ2n) is 9.51. The quantitative estimate of drug-likeness (QED) is 0.319. The molecule has 1 saturated heterocycles. The van der Waals surface area contributed by atoms with E-state index in [1.165, 1.54) is 27.8 Å². The topological polar surface area (TPSA) is 49.8 Å². The molecular formula is C28H37NO3. The third kappa shape index (κ3) is 6.70. The first kappa shape index (κ1) is 24.1. The lowest BCUT2D eigenvalue weighted by Gasteiger charge is -2.36. The summed E-state index contributed by atoms with van der Waals surface area (Å²) in [5, 5.41) is 9.02. The predicted molar refractivity (Wildman–Crippen MR) is 131 cm³/mol. The molecule has 1 aliphatic rings. The molecule has 2 aromatic rings. The zero-order valence-electron chi connectivity index (χ0n) is 19.8. The van der Waals surface area contributed by atoms with Crippen LogP contribution < -0.4 is 4.74 Å². The molecule has 1 fully saturated rings. The van der Waals surface area contributed by atoms with E-state index < -0.39 is 5.97 Å².